The van der Waals surface area contributed by atoms with E-state index in [0.717, 1.165) is 13.8 Å². The Morgan fingerprint density at radius 1 is 1.00 bits per heavy atom. The third kappa shape index (κ3) is 77800. The number of carbonyl (C=O) groups excluding carboxylic acids is 2. The van der Waals surface area contributed by atoms with Gasteiger partial charge in [0, 0.05) is 41.5 Å². The summed E-state index contributed by atoms with van der Waals surface area (Å²) in [6.45, 7) is 1.94. The minimum absolute atomic E-state index is 0. The average molecular weight is 141 g/mol. The third-order valence-corrected chi connectivity index (χ3v) is 0. The van der Waals surface area contributed by atoms with E-state index in [-0.39, 0.29) is 29.6 Å². The zero-order valence-corrected chi connectivity index (χ0v) is 7.63. The molecule has 0 rings (SSSR count). The van der Waals surface area contributed by atoms with Crippen molar-refractivity contribution < 1.29 is 19.8 Å². The molecule has 0 fully saturated rings. The zero-order valence-electron chi connectivity index (χ0n) is 5.63. The molecular weight excluding hydrogens is 135 g/mol. The maximum Gasteiger partial charge on any atom is 0.0383 e. The maximum absolute atomic E-state index is 8.89. The van der Waals surface area contributed by atoms with Crippen molar-refractivity contribution in [3.05, 3.63) is 0 Å². The molecule has 0 aliphatic rings. The Morgan fingerprint density at radius 3 is 1.00 bits per heavy atom. The second-order valence-electron chi connectivity index (χ2n) is 0.983. The number of rotatable bonds is 0. The van der Waals surface area contributed by atoms with Gasteiger partial charge in [-0.3, -0.25) is 0 Å². The summed E-state index contributed by atoms with van der Waals surface area (Å²) >= 11 is 0. The SMILES string of the molecule is CC(=O)[O-].CC(=O)[O-].[Na]. The van der Waals surface area contributed by atoms with Crippen molar-refractivity contribution in [3.63, 3.8) is 0 Å². The molecule has 0 atom stereocenters. The summed E-state index contributed by atoms with van der Waals surface area (Å²) in [6.07, 6.45) is 0. The molecule has 0 aliphatic heterocycles. The van der Waals surface area contributed by atoms with E-state index in [9.17, 15) is 0 Å². The minimum atomic E-state index is -1.08. The van der Waals surface area contributed by atoms with Crippen molar-refractivity contribution in [1.82, 2.24) is 0 Å². The van der Waals surface area contributed by atoms with E-state index in [1.807, 2.05) is 0 Å². The molecule has 0 saturated carbocycles. The van der Waals surface area contributed by atoms with Crippen LogP contribution in [0, 0.1) is 0 Å². The van der Waals surface area contributed by atoms with Crippen LogP contribution in [0.15, 0.2) is 0 Å². The Morgan fingerprint density at radius 2 is 1.00 bits per heavy atom. The molecule has 0 aromatic rings. The van der Waals surface area contributed by atoms with E-state index in [0.29, 0.717) is 0 Å². The fourth-order valence-corrected chi connectivity index (χ4v) is 0. The largest absolute Gasteiger partial charge is 0.550 e. The molecule has 1 radical (unpaired) electrons. The molecule has 0 spiro atoms. The van der Waals surface area contributed by atoms with Gasteiger partial charge in [-0.05, 0) is 13.8 Å². The predicted molar refractivity (Wildman–Crippen MR) is 27.1 cm³/mol. The number of aliphatic carboxylic acids is 2. The standard InChI is InChI=1S/2C2H4O2.Na/c2*1-2(3)4;/h2*1H3,(H,3,4);/p-2. The summed E-state index contributed by atoms with van der Waals surface area (Å²) in [7, 11) is 0. The number of carboxylic acids is 2. The summed E-state index contributed by atoms with van der Waals surface area (Å²) in [5, 5.41) is 17.8. The van der Waals surface area contributed by atoms with Crippen molar-refractivity contribution in [2.24, 2.45) is 0 Å². The molecule has 0 bridgehead atoms. The molecule has 0 unspecified atom stereocenters. The maximum atomic E-state index is 8.89. The van der Waals surface area contributed by atoms with Gasteiger partial charge in [0.05, 0.1) is 0 Å². The van der Waals surface area contributed by atoms with Gasteiger partial charge in [-0.1, -0.05) is 0 Å². The number of hydrogen-bond acceptors (Lipinski definition) is 4. The first-order chi connectivity index (χ1) is 3.46. The molecular formula is C4H6NaO4-2. The summed E-state index contributed by atoms with van der Waals surface area (Å²) in [4.78, 5) is 17.8. The second kappa shape index (κ2) is 10.8. The molecule has 0 N–H and O–H groups in total. The molecule has 49 valence electrons. The van der Waals surface area contributed by atoms with Crippen LogP contribution in [0.5, 0.6) is 0 Å². The van der Waals surface area contributed by atoms with Gasteiger partial charge in [0.15, 0.2) is 0 Å². The first kappa shape index (κ1) is 16.0. The molecule has 4 nitrogen and oxygen atoms in total. The Bertz CT molecular complexity index is 70.6. The Kier molecular flexibility index (Phi) is 19.2. The monoisotopic (exact) mass is 141 g/mol. The van der Waals surface area contributed by atoms with Gasteiger partial charge in [0.2, 0.25) is 0 Å². The van der Waals surface area contributed by atoms with E-state index in [1.165, 1.54) is 0 Å². The van der Waals surface area contributed by atoms with Gasteiger partial charge in [-0.25, -0.2) is 0 Å². The summed E-state index contributed by atoms with van der Waals surface area (Å²) < 4.78 is 0. The first-order valence-electron chi connectivity index (χ1n) is 1.82. The van der Waals surface area contributed by atoms with Gasteiger partial charge >= 0.3 is 0 Å². The first-order valence-corrected chi connectivity index (χ1v) is 1.82. The van der Waals surface area contributed by atoms with Crippen LogP contribution < -0.4 is 10.2 Å². The smallest absolute Gasteiger partial charge is 0.0383 e. The van der Waals surface area contributed by atoms with E-state index < -0.39 is 11.9 Å². The van der Waals surface area contributed by atoms with Crippen LogP contribution in [0.2, 0.25) is 0 Å². The van der Waals surface area contributed by atoms with Gasteiger partial charge in [-0.15, -0.1) is 0 Å². The van der Waals surface area contributed by atoms with E-state index in [4.69, 9.17) is 19.8 Å². The van der Waals surface area contributed by atoms with Crippen LogP contribution in [0.25, 0.3) is 0 Å². The van der Waals surface area contributed by atoms with Crippen LogP contribution in [-0.2, 0) is 9.59 Å². The van der Waals surface area contributed by atoms with Crippen molar-refractivity contribution in [1.29, 1.82) is 0 Å². The molecule has 0 amide bonds. The van der Waals surface area contributed by atoms with E-state index in [2.05, 4.69) is 0 Å². The average Bonchev–Trinajstić information content (AvgIpc) is 1.25. The molecule has 0 aliphatic carbocycles. The van der Waals surface area contributed by atoms with E-state index in [1.54, 1.807) is 0 Å². The molecule has 0 aromatic heterocycles. The normalized spacial score (nSPS) is 5.56. The predicted octanol–water partition coefficient (Wildman–Crippen LogP) is -2.87. The van der Waals surface area contributed by atoms with Crippen molar-refractivity contribution in [2.75, 3.05) is 0 Å². The fourth-order valence-electron chi connectivity index (χ4n) is 0. The summed E-state index contributed by atoms with van der Waals surface area (Å²) in [6, 6.07) is 0. The van der Waals surface area contributed by atoms with Gasteiger partial charge in [0.25, 0.3) is 0 Å². The van der Waals surface area contributed by atoms with Crippen LogP contribution in [-0.4, -0.2) is 41.5 Å². The van der Waals surface area contributed by atoms with E-state index >= 15 is 0 Å². The minimum Gasteiger partial charge on any atom is -0.550 e. The molecule has 0 saturated heterocycles. The van der Waals surface area contributed by atoms with Crippen LogP contribution in [0.1, 0.15) is 13.8 Å². The summed E-state index contributed by atoms with van der Waals surface area (Å²) in [5.41, 5.74) is 0. The molecule has 5 heteroatoms. The topological polar surface area (TPSA) is 80.3 Å². The Labute approximate surface area is 75.2 Å². The molecule has 0 aromatic carbocycles. The Hall–Kier alpha value is -0.0600. The van der Waals surface area contributed by atoms with Crippen LogP contribution in [0.3, 0.4) is 0 Å². The van der Waals surface area contributed by atoms with Crippen molar-refractivity contribution in [2.45, 2.75) is 13.8 Å². The zero-order chi connectivity index (χ0) is 7.15. The number of carboxylic acid groups (broad SMARTS) is 2. The van der Waals surface area contributed by atoms with Crippen molar-refractivity contribution in [3.8, 4) is 0 Å². The quantitative estimate of drug-likeness (QED) is 0.339. The summed E-state index contributed by atoms with van der Waals surface area (Å²) in [5.74, 6) is -2.17. The van der Waals surface area contributed by atoms with Crippen molar-refractivity contribution >= 4 is 41.5 Å². The Balaban J connectivity index is -0.0000000720. The number of hydrogen-bond donors (Lipinski definition) is 0. The number of carbonyl (C=O) groups is 2. The second-order valence-corrected chi connectivity index (χ2v) is 0.983. The fraction of sp³-hybridized carbons (Fsp3) is 0.500. The van der Waals surface area contributed by atoms with Gasteiger partial charge in [0.1, 0.15) is 0 Å². The van der Waals surface area contributed by atoms with Crippen LogP contribution >= 0.6 is 0 Å². The van der Waals surface area contributed by atoms with Gasteiger partial charge < -0.3 is 19.8 Å². The van der Waals surface area contributed by atoms with Gasteiger partial charge in [-0.2, -0.15) is 0 Å². The molecule has 0 heterocycles. The third-order valence-electron chi connectivity index (χ3n) is 0. The molecule has 9 heavy (non-hydrogen) atoms. The van der Waals surface area contributed by atoms with Crippen LogP contribution in [0.4, 0.5) is 0 Å².